The standard InChI is InChI=1S/C19H29N3O4S/c1-5-22(16-9-10-27(25,26)13-16)18(24)12-21(4)11-17(23)20-19-14(2)7-6-8-15(19)3/h6-8,16H,5,9-13H2,1-4H3,(H,20,23)/t16-/m1/s1. The molecule has 1 aromatic carbocycles. The highest BCUT2D eigenvalue weighted by Gasteiger charge is 2.34. The fourth-order valence-corrected chi connectivity index (χ4v) is 5.20. The number of carbonyl (C=O) groups is 2. The number of aryl methyl sites for hydroxylation is 2. The largest absolute Gasteiger partial charge is 0.338 e. The van der Waals surface area contributed by atoms with E-state index in [1.54, 1.807) is 16.8 Å². The number of hydrogen-bond donors (Lipinski definition) is 1. The molecule has 150 valence electrons. The zero-order valence-corrected chi connectivity index (χ0v) is 17.3. The fourth-order valence-electron chi connectivity index (χ4n) is 3.47. The van der Waals surface area contributed by atoms with Crippen LogP contribution in [0.3, 0.4) is 0 Å². The number of nitrogens with zero attached hydrogens (tertiary/aromatic N) is 2. The molecule has 1 aliphatic rings. The molecule has 1 aliphatic heterocycles. The normalized spacial score (nSPS) is 18.5. The number of nitrogens with one attached hydrogen (secondary N) is 1. The van der Waals surface area contributed by atoms with Crippen LogP contribution in [0.1, 0.15) is 24.5 Å². The van der Waals surface area contributed by atoms with E-state index in [1.165, 1.54) is 0 Å². The van der Waals surface area contributed by atoms with E-state index in [-0.39, 0.29) is 42.5 Å². The third-order valence-electron chi connectivity index (χ3n) is 4.87. The Bertz CT molecular complexity index is 787. The highest BCUT2D eigenvalue weighted by atomic mass is 32.2. The average molecular weight is 396 g/mol. The summed E-state index contributed by atoms with van der Waals surface area (Å²) >= 11 is 0. The second kappa shape index (κ2) is 8.84. The Kier molecular flexibility index (Phi) is 7.00. The summed E-state index contributed by atoms with van der Waals surface area (Å²) < 4.78 is 23.4. The summed E-state index contributed by atoms with van der Waals surface area (Å²) in [7, 11) is -1.34. The maximum atomic E-state index is 12.6. The lowest BCUT2D eigenvalue weighted by Crippen LogP contribution is -2.46. The molecular formula is C19H29N3O4S. The van der Waals surface area contributed by atoms with Crippen LogP contribution in [0.15, 0.2) is 18.2 Å². The molecule has 2 rings (SSSR count). The Balaban J connectivity index is 1.91. The van der Waals surface area contributed by atoms with Gasteiger partial charge in [-0.05, 0) is 45.4 Å². The predicted octanol–water partition coefficient (Wildman–Crippen LogP) is 1.21. The molecule has 1 N–H and O–H groups in total. The van der Waals surface area contributed by atoms with E-state index in [0.717, 1.165) is 16.8 Å². The second-order valence-electron chi connectivity index (χ2n) is 7.22. The van der Waals surface area contributed by atoms with Gasteiger partial charge in [0.05, 0.1) is 24.6 Å². The lowest BCUT2D eigenvalue weighted by molar-refractivity contribution is -0.134. The average Bonchev–Trinajstić information content (AvgIpc) is 2.91. The van der Waals surface area contributed by atoms with E-state index in [0.29, 0.717) is 13.0 Å². The van der Waals surface area contributed by atoms with E-state index in [1.807, 2.05) is 39.0 Å². The van der Waals surface area contributed by atoms with Gasteiger partial charge in [-0.1, -0.05) is 18.2 Å². The smallest absolute Gasteiger partial charge is 0.238 e. The minimum atomic E-state index is -3.05. The molecule has 0 bridgehead atoms. The third kappa shape index (κ3) is 5.77. The number of rotatable bonds is 7. The summed E-state index contributed by atoms with van der Waals surface area (Å²) in [5.41, 5.74) is 2.77. The molecule has 1 fully saturated rings. The molecule has 1 atom stereocenters. The second-order valence-corrected chi connectivity index (χ2v) is 9.45. The van der Waals surface area contributed by atoms with Crippen molar-refractivity contribution in [1.29, 1.82) is 0 Å². The van der Waals surface area contributed by atoms with E-state index in [2.05, 4.69) is 5.32 Å². The summed E-state index contributed by atoms with van der Waals surface area (Å²) in [4.78, 5) is 28.2. The topological polar surface area (TPSA) is 86.8 Å². The molecule has 0 aliphatic carbocycles. The number of benzene rings is 1. The van der Waals surface area contributed by atoms with Crippen molar-refractivity contribution in [2.24, 2.45) is 0 Å². The van der Waals surface area contributed by atoms with Gasteiger partial charge >= 0.3 is 0 Å². The van der Waals surface area contributed by atoms with Crippen LogP contribution in [0.5, 0.6) is 0 Å². The number of carbonyl (C=O) groups excluding carboxylic acids is 2. The first-order valence-electron chi connectivity index (χ1n) is 9.17. The van der Waals surface area contributed by atoms with Crippen LogP contribution in [0.25, 0.3) is 0 Å². The summed E-state index contributed by atoms with van der Waals surface area (Å²) in [6.45, 7) is 6.33. The monoisotopic (exact) mass is 395 g/mol. The van der Waals surface area contributed by atoms with Gasteiger partial charge in [0.2, 0.25) is 11.8 Å². The van der Waals surface area contributed by atoms with Gasteiger partial charge in [-0.2, -0.15) is 0 Å². The first-order valence-corrected chi connectivity index (χ1v) is 11.0. The minimum Gasteiger partial charge on any atom is -0.338 e. The maximum Gasteiger partial charge on any atom is 0.238 e. The molecule has 27 heavy (non-hydrogen) atoms. The Morgan fingerprint density at radius 2 is 1.81 bits per heavy atom. The first kappa shape index (κ1) is 21.4. The predicted molar refractivity (Wildman–Crippen MR) is 106 cm³/mol. The molecule has 0 saturated carbocycles. The van der Waals surface area contributed by atoms with Crippen molar-refractivity contribution in [3.63, 3.8) is 0 Å². The quantitative estimate of drug-likeness (QED) is 0.750. The van der Waals surface area contributed by atoms with Crippen LogP contribution < -0.4 is 5.32 Å². The molecule has 0 spiro atoms. The fraction of sp³-hybridized carbons (Fsp3) is 0.579. The van der Waals surface area contributed by atoms with E-state index in [9.17, 15) is 18.0 Å². The van der Waals surface area contributed by atoms with Crippen LogP contribution in [0.4, 0.5) is 5.69 Å². The van der Waals surface area contributed by atoms with Crippen LogP contribution in [-0.4, -0.2) is 74.3 Å². The number of sulfone groups is 1. The molecule has 1 aromatic rings. The van der Waals surface area contributed by atoms with Crippen molar-refractivity contribution >= 4 is 27.3 Å². The number of likely N-dealkylation sites (N-methyl/N-ethyl adjacent to an activating group) is 2. The molecular weight excluding hydrogens is 366 g/mol. The Labute approximate surface area is 161 Å². The van der Waals surface area contributed by atoms with Gasteiger partial charge in [-0.25, -0.2) is 8.42 Å². The summed E-state index contributed by atoms with van der Waals surface area (Å²) in [6.07, 6.45) is 0.485. The number of para-hydroxylation sites is 1. The highest BCUT2D eigenvalue weighted by Crippen LogP contribution is 2.20. The van der Waals surface area contributed by atoms with E-state index >= 15 is 0 Å². The van der Waals surface area contributed by atoms with Gasteiger partial charge in [-0.15, -0.1) is 0 Å². The minimum absolute atomic E-state index is 0.0311. The Morgan fingerprint density at radius 1 is 1.19 bits per heavy atom. The summed E-state index contributed by atoms with van der Waals surface area (Å²) in [6, 6.07) is 5.55. The van der Waals surface area contributed by atoms with Gasteiger partial charge in [0, 0.05) is 18.3 Å². The zero-order valence-electron chi connectivity index (χ0n) is 16.5. The van der Waals surface area contributed by atoms with Crippen LogP contribution in [0, 0.1) is 13.8 Å². The van der Waals surface area contributed by atoms with E-state index in [4.69, 9.17) is 0 Å². The molecule has 1 saturated heterocycles. The van der Waals surface area contributed by atoms with Gasteiger partial charge in [0.1, 0.15) is 0 Å². The summed E-state index contributed by atoms with van der Waals surface area (Å²) in [5.74, 6) is -0.171. The van der Waals surface area contributed by atoms with Crippen molar-refractivity contribution in [2.45, 2.75) is 33.2 Å². The Morgan fingerprint density at radius 3 is 2.33 bits per heavy atom. The van der Waals surface area contributed by atoms with Gasteiger partial charge in [0.25, 0.3) is 0 Å². The Hall–Kier alpha value is -1.93. The van der Waals surface area contributed by atoms with E-state index < -0.39 is 9.84 Å². The van der Waals surface area contributed by atoms with Crippen LogP contribution in [0.2, 0.25) is 0 Å². The number of anilines is 1. The summed E-state index contributed by atoms with van der Waals surface area (Å²) in [5, 5.41) is 2.91. The highest BCUT2D eigenvalue weighted by molar-refractivity contribution is 7.91. The molecule has 1 heterocycles. The van der Waals surface area contributed by atoms with Gasteiger partial charge < -0.3 is 10.2 Å². The maximum absolute atomic E-state index is 12.6. The molecule has 2 amide bonds. The lowest BCUT2D eigenvalue weighted by atomic mass is 10.1. The molecule has 0 unspecified atom stereocenters. The molecule has 0 radical (unpaired) electrons. The van der Waals surface area contributed by atoms with Crippen molar-refractivity contribution < 1.29 is 18.0 Å². The van der Waals surface area contributed by atoms with Gasteiger partial charge in [0.15, 0.2) is 9.84 Å². The molecule has 7 nitrogen and oxygen atoms in total. The van der Waals surface area contributed by atoms with Crippen LogP contribution in [-0.2, 0) is 19.4 Å². The van der Waals surface area contributed by atoms with Crippen molar-refractivity contribution in [3.05, 3.63) is 29.3 Å². The van der Waals surface area contributed by atoms with Crippen molar-refractivity contribution in [3.8, 4) is 0 Å². The van der Waals surface area contributed by atoms with Crippen molar-refractivity contribution in [1.82, 2.24) is 9.80 Å². The molecule has 8 heteroatoms. The number of hydrogen-bond acceptors (Lipinski definition) is 5. The van der Waals surface area contributed by atoms with Crippen molar-refractivity contribution in [2.75, 3.05) is 43.5 Å². The SMILES string of the molecule is CCN(C(=O)CN(C)CC(=O)Nc1c(C)cccc1C)[C@@H]1CCS(=O)(=O)C1. The third-order valence-corrected chi connectivity index (χ3v) is 6.62. The lowest BCUT2D eigenvalue weighted by Gasteiger charge is -2.28. The first-order chi connectivity index (χ1) is 12.6. The van der Waals surface area contributed by atoms with Crippen LogP contribution >= 0.6 is 0 Å². The number of amides is 2. The zero-order chi connectivity index (χ0) is 20.2. The van der Waals surface area contributed by atoms with Gasteiger partial charge in [-0.3, -0.25) is 14.5 Å². The molecule has 0 aromatic heterocycles.